The van der Waals surface area contributed by atoms with Crippen molar-refractivity contribution >= 4 is 12.3 Å². The molecule has 0 unspecified atom stereocenters. The van der Waals surface area contributed by atoms with Crippen molar-refractivity contribution in [2.75, 3.05) is 7.05 Å². The lowest BCUT2D eigenvalue weighted by molar-refractivity contribution is -0.139. The minimum atomic E-state index is -0.933. The van der Waals surface area contributed by atoms with Crippen LogP contribution >= 0.6 is 0 Å². The zero-order valence-electron chi connectivity index (χ0n) is 5.76. The van der Waals surface area contributed by atoms with Crippen molar-refractivity contribution in [3.05, 3.63) is 0 Å². The second kappa shape index (κ2) is 4.93. The third-order valence-corrected chi connectivity index (χ3v) is 1.18. The molecule has 1 atom stereocenters. The Morgan fingerprint density at radius 3 is 2.70 bits per heavy atom. The molecular formula is C6H10NO3. The third kappa shape index (κ3) is 3.19. The zero-order chi connectivity index (χ0) is 7.98. The van der Waals surface area contributed by atoms with E-state index in [-0.39, 0.29) is 6.42 Å². The monoisotopic (exact) mass is 144 g/mol. The summed E-state index contributed by atoms with van der Waals surface area (Å²) >= 11 is 0. The first-order chi connectivity index (χ1) is 4.72. The predicted molar refractivity (Wildman–Crippen MR) is 35.4 cm³/mol. The van der Waals surface area contributed by atoms with Crippen LogP contribution < -0.4 is 5.32 Å². The van der Waals surface area contributed by atoms with Gasteiger partial charge in [0.25, 0.3) is 0 Å². The Labute approximate surface area is 59.2 Å². The van der Waals surface area contributed by atoms with E-state index in [1.54, 1.807) is 13.3 Å². The molecule has 0 saturated heterocycles. The first kappa shape index (κ1) is 9.10. The lowest BCUT2D eigenvalue weighted by atomic mass is 10.2. The van der Waals surface area contributed by atoms with E-state index in [0.717, 1.165) is 0 Å². The fourth-order valence-corrected chi connectivity index (χ4v) is 0.595. The first-order valence-electron chi connectivity index (χ1n) is 2.97. The molecule has 0 saturated carbocycles. The number of nitrogens with one attached hydrogen (secondary N) is 1. The van der Waals surface area contributed by atoms with Gasteiger partial charge in [-0.3, -0.25) is 9.59 Å². The lowest BCUT2D eigenvalue weighted by Crippen LogP contribution is -2.33. The van der Waals surface area contributed by atoms with Gasteiger partial charge in [0.1, 0.15) is 6.04 Å². The van der Waals surface area contributed by atoms with E-state index in [1.165, 1.54) is 0 Å². The minimum absolute atomic E-state index is 0.164. The molecule has 0 fully saturated rings. The third-order valence-electron chi connectivity index (χ3n) is 1.18. The molecule has 0 aromatic carbocycles. The highest BCUT2D eigenvalue weighted by Gasteiger charge is 2.12. The molecular weight excluding hydrogens is 134 g/mol. The molecule has 2 N–H and O–H groups in total. The van der Waals surface area contributed by atoms with E-state index < -0.39 is 12.0 Å². The van der Waals surface area contributed by atoms with Crippen molar-refractivity contribution in [1.82, 2.24) is 5.32 Å². The van der Waals surface area contributed by atoms with Gasteiger partial charge >= 0.3 is 5.97 Å². The Bertz CT molecular complexity index is 124. The maximum absolute atomic E-state index is 10.2. The Morgan fingerprint density at radius 1 is 1.80 bits per heavy atom. The summed E-state index contributed by atoms with van der Waals surface area (Å²) in [5.41, 5.74) is 0. The van der Waals surface area contributed by atoms with Gasteiger partial charge in [0.15, 0.2) is 6.29 Å². The summed E-state index contributed by atoms with van der Waals surface area (Å²) < 4.78 is 0. The molecule has 4 heteroatoms. The van der Waals surface area contributed by atoms with E-state index in [1.807, 2.05) is 0 Å². The van der Waals surface area contributed by atoms with Gasteiger partial charge in [-0.2, -0.15) is 0 Å². The van der Waals surface area contributed by atoms with Gasteiger partial charge in [-0.15, -0.1) is 0 Å². The molecule has 57 valence electrons. The molecule has 0 amide bonds. The van der Waals surface area contributed by atoms with E-state index in [0.29, 0.717) is 6.42 Å². The molecule has 0 heterocycles. The Balaban J connectivity index is 3.60. The summed E-state index contributed by atoms with van der Waals surface area (Å²) in [5.74, 6) is -0.933. The highest BCUT2D eigenvalue weighted by Crippen LogP contribution is 1.93. The molecule has 0 bridgehead atoms. The topological polar surface area (TPSA) is 66.4 Å². The van der Waals surface area contributed by atoms with Crippen LogP contribution in [0.1, 0.15) is 12.8 Å². The quantitative estimate of drug-likeness (QED) is 0.548. The van der Waals surface area contributed by atoms with Crippen LogP contribution in [0, 0.1) is 0 Å². The fourth-order valence-electron chi connectivity index (χ4n) is 0.595. The molecule has 0 spiro atoms. The number of hydrogen-bond donors (Lipinski definition) is 2. The van der Waals surface area contributed by atoms with Crippen molar-refractivity contribution in [3.63, 3.8) is 0 Å². The van der Waals surface area contributed by atoms with Crippen LogP contribution in [0.25, 0.3) is 0 Å². The first-order valence-corrected chi connectivity index (χ1v) is 2.97. The predicted octanol–water partition coefficient (Wildman–Crippen LogP) is -0.451. The van der Waals surface area contributed by atoms with Crippen LogP contribution in [-0.4, -0.2) is 30.5 Å². The van der Waals surface area contributed by atoms with Crippen LogP contribution in [-0.2, 0) is 9.59 Å². The average Bonchev–Trinajstić information content (AvgIpc) is 1.89. The normalized spacial score (nSPS) is 12.5. The van der Waals surface area contributed by atoms with Crippen molar-refractivity contribution in [2.45, 2.75) is 18.9 Å². The number of carboxylic acid groups (broad SMARTS) is 1. The number of aliphatic carboxylic acids is 1. The average molecular weight is 144 g/mol. The van der Waals surface area contributed by atoms with E-state index in [2.05, 4.69) is 5.32 Å². The van der Waals surface area contributed by atoms with Gasteiger partial charge in [0.05, 0.1) is 0 Å². The summed E-state index contributed by atoms with van der Waals surface area (Å²) in [5, 5.41) is 11.0. The number of hydrogen-bond acceptors (Lipinski definition) is 3. The maximum atomic E-state index is 10.2. The summed E-state index contributed by atoms with van der Waals surface area (Å²) in [6.07, 6.45) is 2.10. The summed E-state index contributed by atoms with van der Waals surface area (Å²) in [4.78, 5) is 19.9. The SMILES string of the molecule is CN[C@@H](CC[C]=O)C(=O)O. The standard InChI is InChI=1S/C6H10NO3/c1-7-5(6(9)10)3-2-4-8/h5,7H,2-3H2,1H3,(H,9,10)/t5-/m0/s1. The number of carbonyl (C=O) groups excluding carboxylic acids is 1. The molecule has 0 aliphatic heterocycles. The summed E-state index contributed by atoms with van der Waals surface area (Å²) in [6.45, 7) is 0. The van der Waals surface area contributed by atoms with Crippen LogP contribution in [0.3, 0.4) is 0 Å². The second-order valence-corrected chi connectivity index (χ2v) is 1.86. The number of carboxylic acids is 1. The van der Waals surface area contributed by atoms with Crippen molar-refractivity contribution in [1.29, 1.82) is 0 Å². The lowest BCUT2D eigenvalue weighted by Gasteiger charge is -2.06. The largest absolute Gasteiger partial charge is 0.480 e. The van der Waals surface area contributed by atoms with Gasteiger partial charge < -0.3 is 10.4 Å². The smallest absolute Gasteiger partial charge is 0.320 e. The van der Waals surface area contributed by atoms with E-state index in [4.69, 9.17) is 5.11 Å². The van der Waals surface area contributed by atoms with Crippen molar-refractivity contribution in [2.24, 2.45) is 0 Å². The van der Waals surface area contributed by atoms with Crippen LogP contribution in [0.4, 0.5) is 0 Å². The molecule has 10 heavy (non-hydrogen) atoms. The Kier molecular flexibility index (Phi) is 4.49. The summed E-state index contributed by atoms with van der Waals surface area (Å²) in [7, 11) is 1.55. The van der Waals surface area contributed by atoms with Gasteiger partial charge in [-0.1, -0.05) is 0 Å². The number of rotatable bonds is 5. The van der Waals surface area contributed by atoms with Crippen LogP contribution in [0.5, 0.6) is 0 Å². The summed E-state index contributed by atoms with van der Waals surface area (Å²) in [6, 6.07) is -0.624. The molecule has 0 rings (SSSR count). The van der Waals surface area contributed by atoms with Crippen molar-refractivity contribution < 1.29 is 14.7 Å². The minimum Gasteiger partial charge on any atom is -0.480 e. The molecule has 4 nitrogen and oxygen atoms in total. The van der Waals surface area contributed by atoms with Gasteiger partial charge in [0, 0.05) is 6.42 Å². The molecule has 0 aliphatic rings. The molecule has 0 aliphatic carbocycles. The van der Waals surface area contributed by atoms with E-state index >= 15 is 0 Å². The second-order valence-electron chi connectivity index (χ2n) is 1.86. The van der Waals surface area contributed by atoms with Gasteiger partial charge in [-0.25, -0.2) is 0 Å². The molecule has 0 aromatic heterocycles. The van der Waals surface area contributed by atoms with Gasteiger partial charge in [-0.05, 0) is 13.5 Å². The molecule has 0 aromatic rings. The zero-order valence-corrected chi connectivity index (χ0v) is 5.76. The maximum Gasteiger partial charge on any atom is 0.320 e. The highest BCUT2D eigenvalue weighted by atomic mass is 16.4. The Hall–Kier alpha value is -0.900. The van der Waals surface area contributed by atoms with E-state index in [9.17, 15) is 9.59 Å². The van der Waals surface area contributed by atoms with Gasteiger partial charge in [0.2, 0.25) is 0 Å². The van der Waals surface area contributed by atoms with Crippen LogP contribution in [0.15, 0.2) is 0 Å². The number of likely N-dealkylation sites (N-methyl/N-ethyl adjacent to an activating group) is 1. The molecule has 1 radical (unpaired) electrons. The highest BCUT2D eigenvalue weighted by molar-refractivity contribution is 5.73. The number of carbonyl (C=O) groups is 1. The fraction of sp³-hybridized carbons (Fsp3) is 0.667. The van der Waals surface area contributed by atoms with Crippen LogP contribution in [0.2, 0.25) is 0 Å². The Morgan fingerprint density at radius 2 is 2.40 bits per heavy atom. The van der Waals surface area contributed by atoms with Crippen molar-refractivity contribution in [3.8, 4) is 0 Å².